The molecule has 1 atom stereocenters. The fourth-order valence-electron chi connectivity index (χ4n) is 1.17. The third-order valence-electron chi connectivity index (χ3n) is 1.86. The van der Waals surface area contributed by atoms with Crippen LogP contribution in [0.3, 0.4) is 0 Å². The fourth-order valence-corrected chi connectivity index (χ4v) is 1.49. The van der Waals surface area contributed by atoms with Gasteiger partial charge in [0.05, 0.1) is 6.20 Å². The van der Waals surface area contributed by atoms with Crippen molar-refractivity contribution in [3.8, 4) is 5.69 Å². The highest BCUT2D eigenvalue weighted by molar-refractivity contribution is 7.79. The molecule has 0 saturated carbocycles. The Hall–Kier alpha value is -1.53. The van der Waals surface area contributed by atoms with E-state index in [0.29, 0.717) is 0 Å². The Labute approximate surface area is 87.6 Å². The molecule has 4 nitrogen and oxygen atoms in total. The lowest BCUT2D eigenvalue weighted by atomic mass is 10.3. The van der Waals surface area contributed by atoms with Gasteiger partial charge in [0.15, 0.2) is 11.1 Å². The van der Waals surface area contributed by atoms with Crippen LogP contribution in [0.2, 0.25) is 0 Å². The molecule has 6 heteroatoms. The zero-order chi connectivity index (χ0) is 10.8. The molecular weight excluding hydrogens is 219 g/mol. The molecule has 0 spiro atoms. The standard InChI is InChI=1S/C9H7FN2O2S/c10-8-3-1-2-4-9(8)12-6-7(5-11-12)15(13)14/h1-6H,(H,13,14). The summed E-state index contributed by atoms with van der Waals surface area (Å²) in [6, 6.07) is 6.06. The van der Waals surface area contributed by atoms with Gasteiger partial charge in [-0.05, 0) is 12.1 Å². The highest BCUT2D eigenvalue weighted by Gasteiger charge is 2.07. The van der Waals surface area contributed by atoms with E-state index in [9.17, 15) is 8.60 Å². The van der Waals surface area contributed by atoms with E-state index in [1.165, 1.54) is 29.2 Å². The summed E-state index contributed by atoms with van der Waals surface area (Å²) >= 11 is -2.09. The molecule has 1 N–H and O–H groups in total. The monoisotopic (exact) mass is 226 g/mol. The second-order valence-corrected chi connectivity index (χ2v) is 3.79. The molecule has 0 bridgehead atoms. The van der Waals surface area contributed by atoms with Crippen LogP contribution in [-0.4, -0.2) is 18.5 Å². The van der Waals surface area contributed by atoms with Gasteiger partial charge >= 0.3 is 0 Å². The zero-order valence-corrected chi connectivity index (χ0v) is 8.32. The van der Waals surface area contributed by atoms with Crippen LogP contribution in [-0.2, 0) is 11.1 Å². The Balaban J connectivity index is 2.46. The Kier molecular flexibility index (Phi) is 2.61. The van der Waals surface area contributed by atoms with Gasteiger partial charge in [-0.1, -0.05) is 12.1 Å². The van der Waals surface area contributed by atoms with Crippen molar-refractivity contribution in [2.75, 3.05) is 0 Å². The van der Waals surface area contributed by atoms with E-state index in [4.69, 9.17) is 4.55 Å². The maximum absolute atomic E-state index is 13.3. The van der Waals surface area contributed by atoms with Crippen LogP contribution < -0.4 is 0 Å². The van der Waals surface area contributed by atoms with Crippen molar-refractivity contribution < 1.29 is 13.2 Å². The van der Waals surface area contributed by atoms with Crippen LogP contribution in [0.15, 0.2) is 41.6 Å². The van der Waals surface area contributed by atoms with Gasteiger partial charge in [-0.25, -0.2) is 13.3 Å². The van der Waals surface area contributed by atoms with Crippen molar-refractivity contribution in [2.24, 2.45) is 0 Å². The normalized spacial score (nSPS) is 12.7. The second-order valence-electron chi connectivity index (χ2n) is 2.82. The summed E-state index contributed by atoms with van der Waals surface area (Å²) < 4.78 is 34.0. The number of para-hydroxylation sites is 1. The Bertz CT molecular complexity index is 512. The minimum absolute atomic E-state index is 0.137. The third-order valence-corrected chi connectivity index (χ3v) is 2.47. The Morgan fingerprint density at radius 2 is 2.13 bits per heavy atom. The molecule has 2 rings (SSSR count). The minimum Gasteiger partial charge on any atom is -0.302 e. The molecule has 1 heterocycles. The van der Waals surface area contributed by atoms with Crippen LogP contribution >= 0.6 is 0 Å². The lowest BCUT2D eigenvalue weighted by Gasteiger charge is -2.00. The number of hydrogen-bond acceptors (Lipinski definition) is 2. The van der Waals surface area contributed by atoms with E-state index in [-0.39, 0.29) is 10.6 Å². The summed E-state index contributed by atoms with van der Waals surface area (Å²) in [6.45, 7) is 0. The molecule has 0 radical (unpaired) electrons. The average Bonchev–Trinajstić information content (AvgIpc) is 2.67. The number of nitrogens with zero attached hydrogens (tertiary/aromatic N) is 2. The van der Waals surface area contributed by atoms with Crippen molar-refractivity contribution in [1.29, 1.82) is 0 Å². The maximum Gasteiger partial charge on any atom is 0.189 e. The highest BCUT2D eigenvalue weighted by atomic mass is 32.2. The topological polar surface area (TPSA) is 55.1 Å². The van der Waals surface area contributed by atoms with Gasteiger partial charge in [0.2, 0.25) is 0 Å². The fraction of sp³-hybridized carbons (Fsp3) is 0. The predicted molar refractivity (Wildman–Crippen MR) is 52.6 cm³/mol. The van der Waals surface area contributed by atoms with Gasteiger partial charge in [-0.2, -0.15) is 5.10 Å². The molecular formula is C9H7FN2O2S. The van der Waals surface area contributed by atoms with Crippen LogP contribution in [0, 0.1) is 5.82 Å². The van der Waals surface area contributed by atoms with Gasteiger partial charge in [0.1, 0.15) is 16.4 Å². The van der Waals surface area contributed by atoms with E-state index in [2.05, 4.69) is 5.10 Å². The molecule has 15 heavy (non-hydrogen) atoms. The first-order valence-corrected chi connectivity index (χ1v) is 5.19. The van der Waals surface area contributed by atoms with Crippen LogP contribution in [0.1, 0.15) is 0 Å². The first kappa shape index (κ1) is 10.0. The van der Waals surface area contributed by atoms with Gasteiger partial charge in [-0.3, -0.25) is 0 Å². The van der Waals surface area contributed by atoms with E-state index in [1.54, 1.807) is 12.1 Å². The van der Waals surface area contributed by atoms with E-state index in [0.717, 1.165) is 0 Å². The molecule has 2 aromatic rings. The lowest BCUT2D eigenvalue weighted by Crippen LogP contribution is -1.97. The third kappa shape index (κ3) is 1.95. The SMILES string of the molecule is O=S(O)c1cnn(-c2ccccc2F)c1. The Morgan fingerprint density at radius 3 is 2.73 bits per heavy atom. The number of rotatable bonds is 2. The largest absolute Gasteiger partial charge is 0.302 e. The van der Waals surface area contributed by atoms with Crippen molar-refractivity contribution in [1.82, 2.24) is 9.78 Å². The van der Waals surface area contributed by atoms with Gasteiger partial charge < -0.3 is 4.55 Å². The second kappa shape index (κ2) is 3.92. The maximum atomic E-state index is 13.3. The minimum atomic E-state index is -2.09. The van der Waals surface area contributed by atoms with Gasteiger partial charge in [-0.15, -0.1) is 0 Å². The number of aromatic nitrogens is 2. The average molecular weight is 226 g/mol. The summed E-state index contributed by atoms with van der Waals surface area (Å²) in [5.41, 5.74) is 0.245. The molecule has 1 aromatic heterocycles. The van der Waals surface area contributed by atoms with Gasteiger partial charge in [0.25, 0.3) is 0 Å². The number of halogens is 1. The van der Waals surface area contributed by atoms with Crippen LogP contribution in [0.25, 0.3) is 5.69 Å². The van der Waals surface area contributed by atoms with E-state index in [1.807, 2.05) is 0 Å². The first-order chi connectivity index (χ1) is 7.18. The smallest absolute Gasteiger partial charge is 0.189 e. The molecule has 0 saturated heterocycles. The van der Waals surface area contributed by atoms with Crippen molar-refractivity contribution in [2.45, 2.75) is 4.90 Å². The van der Waals surface area contributed by atoms with Crippen molar-refractivity contribution in [3.05, 3.63) is 42.5 Å². The summed E-state index contributed by atoms with van der Waals surface area (Å²) in [7, 11) is 0. The predicted octanol–water partition coefficient (Wildman–Crippen LogP) is 1.59. The van der Waals surface area contributed by atoms with E-state index < -0.39 is 16.9 Å². The Morgan fingerprint density at radius 1 is 1.40 bits per heavy atom. The molecule has 1 unspecified atom stereocenters. The van der Waals surface area contributed by atoms with Crippen molar-refractivity contribution >= 4 is 11.1 Å². The molecule has 1 aromatic carbocycles. The van der Waals surface area contributed by atoms with Crippen molar-refractivity contribution in [3.63, 3.8) is 0 Å². The summed E-state index contributed by atoms with van der Waals surface area (Å²) in [5, 5.41) is 3.79. The summed E-state index contributed by atoms with van der Waals surface area (Å²) in [6.07, 6.45) is 2.54. The number of hydrogen-bond donors (Lipinski definition) is 1. The summed E-state index contributed by atoms with van der Waals surface area (Å²) in [4.78, 5) is 0.137. The lowest BCUT2D eigenvalue weighted by molar-refractivity contribution is 0.564. The zero-order valence-electron chi connectivity index (χ0n) is 7.50. The molecule has 0 aliphatic heterocycles. The quantitative estimate of drug-likeness (QED) is 0.791. The molecule has 0 aliphatic carbocycles. The number of benzene rings is 1. The van der Waals surface area contributed by atoms with E-state index >= 15 is 0 Å². The molecule has 78 valence electrons. The van der Waals surface area contributed by atoms with Crippen LogP contribution in [0.5, 0.6) is 0 Å². The molecule has 0 fully saturated rings. The molecule has 0 aliphatic rings. The summed E-state index contributed by atoms with van der Waals surface area (Å²) in [5.74, 6) is -0.434. The van der Waals surface area contributed by atoms with Gasteiger partial charge in [0, 0.05) is 6.20 Å². The highest BCUT2D eigenvalue weighted by Crippen LogP contribution is 2.13. The first-order valence-electron chi connectivity index (χ1n) is 4.09. The van der Waals surface area contributed by atoms with Crippen LogP contribution in [0.4, 0.5) is 4.39 Å². The molecule has 0 amide bonds.